The number of carbonyl (C=O) groups excluding carboxylic acids is 1. The highest BCUT2D eigenvalue weighted by molar-refractivity contribution is 5.91. The van der Waals surface area contributed by atoms with Crippen LogP contribution in [0.25, 0.3) is 6.08 Å². The predicted molar refractivity (Wildman–Crippen MR) is 62.0 cm³/mol. The van der Waals surface area contributed by atoms with Crippen molar-refractivity contribution >= 4 is 23.6 Å². The van der Waals surface area contributed by atoms with Crippen molar-refractivity contribution in [3.05, 3.63) is 35.9 Å². The van der Waals surface area contributed by atoms with Crippen molar-refractivity contribution in [1.82, 2.24) is 0 Å². The van der Waals surface area contributed by atoms with E-state index in [1.54, 1.807) is 31.2 Å². The van der Waals surface area contributed by atoms with Crippen LogP contribution >= 0.6 is 0 Å². The summed E-state index contributed by atoms with van der Waals surface area (Å²) in [5.74, 6) is -1.07. The molecule has 0 aliphatic heterocycles. The van der Waals surface area contributed by atoms with E-state index in [1.165, 1.54) is 6.08 Å². The topological polar surface area (TPSA) is 66.4 Å². The quantitative estimate of drug-likeness (QED) is 0.762. The summed E-state index contributed by atoms with van der Waals surface area (Å²) in [5.41, 5.74) is 1.40. The molecule has 2 N–H and O–H groups in total. The molecule has 4 heteroatoms. The smallest absolute Gasteiger partial charge is 0.328 e. The molecule has 1 amide bonds. The van der Waals surface area contributed by atoms with Crippen molar-refractivity contribution in [1.29, 1.82) is 0 Å². The van der Waals surface area contributed by atoms with Gasteiger partial charge in [0.25, 0.3) is 0 Å². The maximum atomic E-state index is 11.1. The zero-order chi connectivity index (χ0) is 12.0. The van der Waals surface area contributed by atoms with Gasteiger partial charge in [0.05, 0.1) is 0 Å². The van der Waals surface area contributed by atoms with Crippen LogP contribution in [0.2, 0.25) is 0 Å². The van der Waals surface area contributed by atoms with Gasteiger partial charge in [0.2, 0.25) is 5.91 Å². The summed E-state index contributed by atoms with van der Waals surface area (Å²) in [6.07, 6.45) is 2.94. The molecule has 0 bridgehead atoms. The van der Waals surface area contributed by atoms with Crippen LogP contribution in [0.15, 0.2) is 30.3 Å². The molecule has 16 heavy (non-hydrogen) atoms. The van der Waals surface area contributed by atoms with Gasteiger partial charge in [-0.05, 0) is 23.8 Å². The molecule has 4 nitrogen and oxygen atoms in total. The van der Waals surface area contributed by atoms with Gasteiger partial charge in [-0.1, -0.05) is 19.1 Å². The number of hydrogen-bond donors (Lipinski definition) is 2. The monoisotopic (exact) mass is 219 g/mol. The van der Waals surface area contributed by atoms with E-state index < -0.39 is 5.97 Å². The molecule has 0 radical (unpaired) electrons. The van der Waals surface area contributed by atoms with Gasteiger partial charge in [0.1, 0.15) is 0 Å². The maximum absolute atomic E-state index is 11.1. The molecule has 84 valence electrons. The molecule has 1 aromatic rings. The number of rotatable bonds is 4. The number of nitrogens with one attached hydrogen (secondary N) is 1. The summed E-state index contributed by atoms with van der Waals surface area (Å²) in [6, 6.07) is 6.99. The van der Waals surface area contributed by atoms with E-state index in [1.807, 2.05) is 0 Å². The van der Waals surface area contributed by atoms with Gasteiger partial charge in [-0.2, -0.15) is 0 Å². The van der Waals surface area contributed by atoms with Crippen molar-refractivity contribution in [2.24, 2.45) is 0 Å². The Labute approximate surface area is 93.6 Å². The number of hydrogen-bond acceptors (Lipinski definition) is 2. The zero-order valence-electron chi connectivity index (χ0n) is 8.93. The van der Waals surface area contributed by atoms with Crippen molar-refractivity contribution in [3.8, 4) is 0 Å². The van der Waals surface area contributed by atoms with E-state index >= 15 is 0 Å². The van der Waals surface area contributed by atoms with Crippen LogP contribution in [0, 0.1) is 0 Å². The molecule has 1 aromatic carbocycles. The van der Waals surface area contributed by atoms with Gasteiger partial charge in [-0.25, -0.2) is 4.79 Å². The average molecular weight is 219 g/mol. The standard InChI is InChI=1S/C12H13NO3/c1-2-11(14)13-10-5-3-4-9(8-10)6-7-12(15)16/h3-8H,2H2,1H3,(H,13,14)(H,15,16)/b7-6+. The van der Waals surface area contributed by atoms with Gasteiger partial charge in [0.15, 0.2) is 0 Å². The molecule has 0 spiro atoms. The van der Waals surface area contributed by atoms with Crippen LogP contribution in [0.3, 0.4) is 0 Å². The lowest BCUT2D eigenvalue weighted by molar-refractivity contribution is -0.131. The Bertz CT molecular complexity index is 424. The normalized spacial score (nSPS) is 10.3. The van der Waals surface area contributed by atoms with Crippen molar-refractivity contribution in [3.63, 3.8) is 0 Å². The van der Waals surface area contributed by atoms with E-state index in [2.05, 4.69) is 5.32 Å². The summed E-state index contributed by atoms with van der Waals surface area (Å²) in [7, 11) is 0. The Morgan fingerprint density at radius 3 is 2.81 bits per heavy atom. The van der Waals surface area contributed by atoms with E-state index in [9.17, 15) is 9.59 Å². The maximum Gasteiger partial charge on any atom is 0.328 e. The third-order valence-electron chi connectivity index (χ3n) is 1.91. The van der Waals surface area contributed by atoms with Gasteiger partial charge in [0, 0.05) is 18.2 Å². The van der Waals surface area contributed by atoms with Gasteiger partial charge >= 0.3 is 5.97 Å². The highest BCUT2D eigenvalue weighted by atomic mass is 16.4. The fourth-order valence-corrected chi connectivity index (χ4v) is 1.14. The molecule has 0 heterocycles. The molecule has 1 rings (SSSR count). The molecular weight excluding hydrogens is 206 g/mol. The second-order valence-electron chi connectivity index (χ2n) is 3.20. The first-order chi connectivity index (χ1) is 7.61. The summed E-state index contributed by atoms with van der Waals surface area (Å²) in [6.45, 7) is 1.77. The third kappa shape index (κ3) is 3.96. The Balaban J connectivity index is 2.78. The highest BCUT2D eigenvalue weighted by Gasteiger charge is 1.98. The predicted octanol–water partition coefficient (Wildman–Crippen LogP) is 2.13. The van der Waals surface area contributed by atoms with Gasteiger partial charge < -0.3 is 10.4 Å². The lowest BCUT2D eigenvalue weighted by Gasteiger charge is -2.03. The number of benzene rings is 1. The first-order valence-corrected chi connectivity index (χ1v) is 4.92. The Hall–Kier alpha value is -2.10. The average Bonchev–Trinajstić information content (AvgIpc) is 2.26. The van der Waals surface area contributed by atoms with E-state index in [0.29, 0.717) is 12.1 Å². The SMILES string of the molecule is CCC(=O)Nc1cccc(/C=C/C(=O)O)c1. The second kappa shape index (κ2) is 5.70. The van der Waals surface area contributed by atoms with E-state index in [4.69, 9.17) is 5.11 Å². The molecule has 0 atom stereocenters. The third-order valence-corrected chi connectivity index (χ3v) is 1.91. The lowest BCUT2D eigenvalue weighted by atomic mass is 10.2. The van der Waals surface area contributed by atoms with Crippen LogP contribution in [-0.2, 0) is 9.59 Å². The zero-order valence-corrected chi connectivity index (χ0v) is 8.93. The molecule has 0 saturated carbocycles. The van der Waals surface area contributed by atoms with Crippen molar-refractivity contribution < 1.29 is 14.7 Å². The first kappa shape index (κ1) is 12.0. The van der Waals surface area contributed by atoms with Crippen LogP contribution in [0.5, 0.6) is 0 Å². The number of carboxylic acids is 1. The van der Waals surface area contributed by atoms with Crippen LogP contribution in [0.4, 0.5) is 5.69 Å². The summed E-state index contributed by atoms with van der Waals surface area (Å²) >= 11 is 0. The minimum absolute atomic E-state index is 0.0700. The van der Waals surface area contributed by atoms with Gasteiger partial charge in [-0.3, -0.25) is 4.79 Å². The van der Waals surface area contributed by atoms with Crippen molar-refractivity contribution in [2.75, 3.05) is 5.32 Å². The molecule has 0 unspecified atom stereocenters. The minimum Gasteiger partial charge on any atom is -0.478 e. The Morgan fingerprint density at radius 2 is 2.19 bits per heavy atom. The van der Waals surface area contributed by atoms with Gasteiger partial charge in [-0.15, -0.1) is 0 Å². The largest absolute Gasteiger partial charge is 0.478 e. The summed E-state index contributed by atoms with van der Waals surface area (Å²) in [5, 5.41) is 11.2. The second-order valence-corrected chi connectivity index (χ2v) is 3.20. The highest BCUT2D eigenvalue weighted by Crippen LogP contribution is 2.12. The summed E-state index contributed by atoms with van der Waals surface area (Å²) in [4.78, 5) is 21.5. The van der Waals surface area contributed by atoms with E-state index in [-0.39, 0.29) is 5.91 Å². The summed E-state index contributed by atoms with van der Waals surface area (Å²) < 4.78 is 0. The van der Waals surface area contributed by atoms with Crippen LogP contribution < -0.4 is 5.32 Å². The molecule has 0 saturated heterocycles. The Morgan fingerprint density at radius 1 is 1.44 bits per heavy atom. The van der Waals surface area contributed by atoms with E-state index in [0.717, 1.165) is 11.6 Å². The molecule has 0 aliphatic rings. The number of carbonyl (C=O) groups is 2. The molecule has 0 fully saturated rings. The fourth-order valence-electron chi connectivity index (χ4n) is 1.14. The minimum atomic E-state index is -0.997. The van der Waals surface area contributed by atoms with Crippen LogP contribution in [0.1, 0.15) is 18.9 Å². The number of amides is 1. The van der Waals surface area contributed by atoms with Crippen LogP contribution in [-0.4, -0.2) is 17.0 Å². The van der Waals surface area contributed by atoms with Crippen molar-refractivity contribution in [2.45, 2.75) is 13.3 Å². The number of aliphatic carboxylic acids is 1. The lowest BCUT2D eigenvalue weighted by Crippen LogP contribution is -2.09. The Kier molecular flexibility index (Phi) is 4.27. The molecular formula is C12H13NO3. The number of carboxylic acid groups (broad SMARTS) is 1. The number of anilines is 1. The molecule has 0 aliphatic carbocycles. The fraction of sp³-hybridized carbons (Fsp3) is 0.167. The first-order valence-electron chi connectivity index (χ1n) is 4.92. The molecule has 0 aromatic heterocycles.